The molecule has 1 aliphatic rings. The smallest absolute Gasteiger partial charge is 0.178 e. The predicted molar refractivity (Wildman–Crippen MR) is 113 cm³/mol. The van der Waals surface area contributed by atoms with Crippen molar-refractivity contribution in [3.63, 3.8) is 0 Å². The van der Waals surface area contributed by atoms with Gasteiger partial charge in [0.1, 0.15) is 10.8 Å². The van der Waals surface area contributed by atoms with Crippen LogP contribution in [-0.2, 0) is 0 Å². The van der Waals surface area contributed by atoms with Crippen molar-refractivity contribution >= 4 is 51.6 Å². The minimum Gasteiger partial charge on any atom is -0.508 e. The molecular formula is C17H14ClN5OS3. The SMILES string of the molecule is NC1=NN[C@@H](c2ccccc2O)[C@@H](Sc2nnc(-c3ccccc3Cl)s2)S1. The molecule has 0 saturated heterocycles. The molecule has 0 bridgehead atoms. The number of hydrogen-bond acceptors (Lipinski definition) is 9. The molecule has 27 heavy (non-hydrogen) atoms. The monoisotopic (exact) mass is 435 g/mol. The molecule has 2 heterocycles. The van der Waals surface area contributed by atoms with Gasteiger partial charge in [0.2, 0.25) is 0 Å². The lowest BCUT2D eigenvalue weighted by molar-refractivity contribution is 0.453. The first-order valence-electron chi connectivity index (χ1n) is 7.90. The summed E-state index contributed by atoms with van der Waals surface area (Å²) in [6.07, 6.45) is 0. The van der Waals surface area contributed by atoms with Crippen molar-refractivity contribution in [2.45, 2.75) is 15.0 Å². The lowest BCUT2D eigenvalue weighted by atomic mass is 10.1. The zero-order valence-corrected chi connectivity index (χ0v) is 16.9. The van der Waals surface area contributed by atoms with E-state index >= 15 is 0 Å². The standard InChI is InChI=1S/C17H14ClN5OS3/c18-11-7-3-1-5-9(11)14-21-23-17(25-14)27-15-13(20-22-16(19)26-15)10-6-2-4-8-12(10)24/h1-8,13,15,20,24H,(H2,19,22)/t13-,15+/m0/s1. The fourth-order valence-electron chi connectivity index (χ4n) is 2.57. The van der Waals surface area contributed by atoms with E-state index in [0.717, 1.165) is 20.5 Å². The van der Waals surface area contributed by atoms with Crippen LogP contribution in [0.5, 0.6) is 5.75 Å². The molecule has 0 aliphatic carbocycles. The summed E-state index contributed by atoms with van der Waals surface area (Å²) in [5.74, 6) is 0.214. The maximum absolute atomic E-state index is 10.2. The van der Waals surface area contributed by atoms with Gasteiger partial charge in [-0.05, 0) is 12.1 Å². The molecule has 10 heteroatoms. The highest BCUT2D eigenvalue weighted by molar-refractivity contribution is 8.25. The predicted octanol–water partition coefficient (Wildman–Crippen LogP) is 4.29. The number of nitrogens with zero attached hydrogens (tertiary/aromatic N) is 3. The Labute approximate surface area is 173 Å². The second-order valence-electron chi connectivity index (χ2n) is 5.57. The van der Waals surface area contributed by atoms with E-state index in [4.69, 9.17) is 17.3 Å². The van der Waals surface area contributed by atoms with Crippen molar-refractivity contribution in [2.75, 3.05) is 0 Å². The summed E-state index contributed by atoms with van der Waals surface area (Å²) >= 11 is 10.7. The lowest BCUT2D eigenvalue weighted by Gasteiger charge is -2.29. The van der Waals surface area contributed by atoms with Gasteiger partial charge in [0.25, 0.3) is 0 Å². The van der Waals surface area contributed by atoms with Gasteiger partial charge in [0.05, 0.1) is 15.6 Å². The third kappa shape index (κ3) is 4.01. The van der Waals surface area contributed by atoms with E-state index in [2.05, 4.69) is 20.7 Å². The first-order chi connectivity index (χ1) is 13.1. The molecule has 2 atom stereocenters. The Bertz CT molecular complexity index is 996. The number of aromatic hydroxyl groups is 1. The van der Waals surface area contributed by atoms with Gasteiger partial charge >= 0.3 is 0 Å². The maximum atomic E-state index is 10.2. The van der Waals surface area contributed by atoms with Crippen molar-refractivity contribution in [1.82, 2.24) is 15.6 Å². The van der Waals surface area contributed by atoms with Gasteiger partial charge in [-0.2, -0.15) is 5.10 Å². The van der Waals surface area contributed by atoms with Crippen LogP contribution in [0.3, 0.4) is 0 Å². The highest BCUT2D eigenvalue weighted by Gasteiger charge is 2.32. The summed E-state index contributed by atoms with van der Waals surface area (Å²) in [6, 6.07) is 14.5. The maximum Gasteiger partial charge on any atom is 0.178 e. The fraction of sp³-hybridized carbons (Fsp3) is 0.118. The number of benzene rings is 2. The van der Waals surface area contributed by atoms with Crippen molar-refractivity contribution in [3.8, 4) is 16.3 Å². The topological polar surface area (TPSA) is 96.4 Å². The van der Waals surface area contributed by atoms with Crippen molar-refractivity contribution < 1.29 is 5.11 Å². The van der Waals surface area contributed by atoms with Gasteiger partial charge in [-0.25, -0.2) is 0 Å². The van der Waals surface area contributed by atoms with E-state index in [1.165, 1.54) is 34.9 Å². The fourth-order valence-corrected chi connectivity index (χ4v) is 6.47. The molecule has 0 amide bonds. The molecule has 4 N–H and O–H groups in total. The van der Waals surface area contributed by atoms with Crippen LogP contribution in [0.15, 0.2) is 58.0 Å². The molecule has 2 aromatic carbocycles. The molecule has 4 rings (SSSR count). The van der Waals surface area contributed by atoms with Crippen LogP contribution in [0.1, 0.15) is 11.6 Å². The molecule has 138 valence electrons. The molecule has 1 aromatic heterocycles. The third-order valence-corrected chi connectivity index (χ3v) is 7.64. The molecule has 0 unspecified atom stereocenters. The Kier molecular flexibility index (Phi) is 5.44. The number of phenols is 1. The number of hydrogen-bond donors (Lipinski definition) is 3. The number of thioether (sulfide) groups is 2. The highest BCUT2D eigenvalue weighted by atomic mass is 35.5. The summed E-state index contributed by atoms with van der Waals surface area (Å²) in [4.78, 5) is 0. The van der Waals surface area contributed by atoms with Crippen molar-refractivity contribution in [1.29, 1.82) is 0 Å². The Hall–Kier alpha value is -1.94. The van der Waals surface area contributed by atoms with Crippen molar-refractivity contribution in [3.05, 3.63) is 59.1 Å². The third-order valence-electron chi connectivity index (χ3n) is 3.82. The zero-order chi connectivity index (χ0) is 18.8. The van der Waals surface area contributed by atoms with E-state index in [0.29, 0.717) is 10.2 Å². The van der Waals surface area contributed by atoms with Gasteiger partial charge in [0.15, 0.2) is 9.51 Å². The average molecular weight is 436 g/mol. The van der Waals surface area contributed by atoms with Crippen molar-refractivity contribution in [2.24, 2.45) is 10.8 Å². The number of phenolic OH excluding ortho intramolecular Hbond substituents is 1. The molecular weight excluding hydrogens is 422 g/mol. The van der Waals surface area contributed by atoms with Gasteiger partial charge < -0.3 is 10.8 Å². The van der Waals surface area contributed by atoms with Crippen LogP contribution in [0.2, 0.25) is 5.02 Å². The number of hydrazone groups is 1. The van der Waals surface area contributed by atoms with Crippen LogP contribution in [0.4, 0.5) is 0 Å². The molecule has 3 aromatic rings. The summed E-state index contributed by atoms with van der Waals surface area (Å²) in [6.45, 7) is 0. The number of nitrogens with one attached hydrogen (secondary N) is 1. The normalized spacial score (nSPS) is 19.4. The first kappa shape index (κ1) is 18.4. The van der Waals surface area contributed by atoms with Crippen LogP contribution in [0, 0.1) is 0 Å². The Morgan fingerprint density at radius 1 is 1.11 bits per heavy atom. The number of halogens is 1. The van der Waals surface area contributed by atoms with Crippen LogP contribution < -0.4 is 11.2 Å². The number of nitrogens with two attached hydrogens (primary N) is 1. The minimum absolute atomic E-state index is 0.0668. The summed E-state index contributed by atoms with van der Waals surface area (Å²) < 4.78 is 0.724. The molecule has 1 aliphatic heterocycles. The molecule has 0 spiro atoms. The number of amidine groups is 1. The second-order valence-corrected chi connectivity index (χ2v) is 9.81. The van der Waals surface area contributed by atoms with E-state index < -0.39 is 0 Å². The minimum atomic E-state index is -0.221. The van der Waals surface area contributed by atoms with Crippen LogP contribution in [-0.4, -0.2) is 25.1 Å². The highest BCUT2D eigenvalue weighted by Crippen LogP contribution is 2.45. The number of para-hydroxylation sites is 1. The van der Waals surface area contributed by atoms with Gasteiger partial charge in [-0.3, -0.25) is 5.43 Å². The van der Waals surface area contributed by atoms with E-state index in [9.17, 15) is 5.11 Å². The van der Waals surface area contributed by atoms with Gasteiger partial charge in [-0.1, -0.05) is 82.9 Å². The first-order valence-corrected chi connectivity index (χ1v) is 10.9. The molecule has 0 saturated carbocycles. The number of aromatic nitrogens is 2. The Morgan fingerprint density at radius 2 is 1.89 bits per heavy atom. The molecule has 0 fully saturated rings. The molecule has 0 radical (unpaired) electrons. The van der Waals surface area contributed by atoms with E-state index in [1.54, 1.807) is 12.1 Å². The van der Waals surface area contributed by atoms with E-state index in [1.807, 2.05) is 36.4 Å². The van der Waals surface area contributed by atoms with Crippen LogP contribution >= 0.6 is 46.5 Å². The average Bonchev–Trinajstić information content (AvgIpc) is 3.11. The van der Waals surface area contributed by atoms with Gasteiger partial charge in [0, 0.05) is 11.1 Å². The van der Waals surface area contributed by atoms with Crippen LogP contribution in [0.25, 0.3) is 10.6 Å². The Morgan fingerprint density at radius 3 is 2.70 bits per heavy atom. The summed E-state index contributed by atoms with van der Waals surface area (Å²) in [7, 11) is 0. The Balaban J connectivity index is 1.60. The summed E-state index contributed by atoms with van der Waals surface area (Å²) in [5, 5.41) is 24.7. The zero-order valence-electron chi connectivity index (χ0n) is 13.7. The van der Waals surface area contributed by atoms with E-state index in [-0.39, 0.29) is 16.4 Å². The summed E-state index contributed by atoms with van der Waals surface area (Å²) in [5.41, 5.74) is 10.6. The largest absolute Gasteiger partial charge is 0.508 e. The van der Waals surface area contributed by atoms with Gasteiger partial charge in [-0.15, -0.1) is 10.2 Å². The number of rotatable bonds is 4. The lowest BCUT2D eigenvalue weighted by Crippen LogP contribution is -2.33. The quantitative estimate of drug-likeness (QED) is 0.562. The second kappa shape index (κ2) is 7.97. The molecule has 6 nitrogen and oxygen atoms in total.